The van der Waals surface area contributed by atoms with Crippen LogP contribution >= 0.6 is 0 Å². The molecule has 3 nitrogen and oxygen atoms in total. The molecule has 0 radical (unpaired) electrons. The van der Waals surface area contributed by atoms with Gasteiger partial charge >= 0.3 is 0 Å². The molecule has 122 valence electrons. The van der Waals surface area contributed by atoms with Gasteiger partial charge in [0.1, 0.15) is 11.6 Å². The fourth-order valence-electron chi connectivity index (χ4n) is 2.76. The largest absolute Gasteiger partial charge is 0.384 e. The van der Waals surface area contributed by atoms with E-state index in [0.29, 0.717) is 6.54 Å². The number of hydrogen-bond acceptors (Lipinski definition) is 3. The van der Waals surface area contributed by atoms with Crippen molar-refractivity contribution in [2.45, 2.75) is 23.2 Å². The number of nitrogens with one attached hydrogen (secondary N) is 1. The van der Waals surface area contributed by atoms with Crippen molar-refractivity contribution in [1.29, 1.82) is 0 Å². The Kier molecular flexibility index (Phi) is 3.88. The van der Waals surface area contributed by atoms with Crippen molar-refractivity contribution >= 4 is 15.5 Å². The van der Waals surface area contributed by atoms with Gasteiger partial charge in [-0.2, -0.15) is 0 Å². The van der Waals surface area contributed by atoms with E-state index >= 15 is 0 Å². The van der Waals surface area contributed by atoms with Crippen LogP contribution in [0, 0.1) is 11.6 Å². The van der Waals surface area contributed by atoms with E-state index in [9.17, 15) is 17.2 Å². The molecule has 1 aliphatic carbocycles. The molecule has 0 bridgehead atoms. The minimum Gasteiger partial charge on any atom is -0.384 e. The second kappa shape index (κ2) is 5.60. The van der Waals surface area contributed by atoms with Crippen LogP contribution in [0.5, 0.6) is 0 Å². The maximum Gasteiger partial charge on any atom is 0.175 e. The average Bonchev–Trinajstić information content (AvgIpc) is 3.25. The molecule has 0 aliphatic heterocycles. The zero-order valence-corrected chi connectivity index (χ0v) is 13.5. The predicted octanol–water partition coefficient (Wildman–Crippen LogP) is 3.51. The number of halogens is 2. The molecule has 0 atom stereocenters. The van der Waals surface area contributed by atoms with Gasteiger partial charge in [-0.3, -0.25) is 0 Å². The SMILES string of the molecule is CS(=O)(=O)c1ccc(NCC2(c3c(F)cccc3F)CC2)cc1. The van der Waals surface area contributed by atoms with Crippen LogP contribution in [0.15, 0.2) is 47.4 Å². The lowest BCUT2D eigenvalue weighted by atomic mass is 9.94. The van der Waals surface area contributed by atoms with Gasteiger partial charge in [-0.25, -0.2) is 17.2 Å². The second-order valence-corrected chi connectivity index (χ2v) is 8.04. The zero-order chi connectivity index (χ0) is 16.7. The standard InChI is InChI=1S/C17H17F2NO2S/c1-23(21,22)13-7-5-12(6-8-13)20-11-17(9-10-17)16-14(18)3-2-4-15(16)19/h2-8,20H,9-11H2,1H3. The highest BCUT2D eigenvalue weighted by Crippen LogP contribution is 2.50. The quantitative estimate of drug-likeness (QED) is 0.908. The Hall–Kier alpha value is -1.95. The summed E-state index contributed by atoms with van der Waals surface area (Å²) in [6.07, 6.45) is 2.59. The Labute approximate surface area is 134 Å². The van der Waals surface area contributed by atoms with Crippen LogP contribution < -0.4 is 5.32 Å². The molecule has 0 aromatic heterocycles. The molecule has 2 aromatic carbocycles. The van der Waals surface area contributed by atoms with Crippen molar-refractivity contribution in [3.05, 3.63) is 59.7 Å². The molecule has 0 spiro atoms. The lowest BCUT2D eigenvalue weighted by molar-refractivity contribution is 0.521. The third-order valence-electron chi connectivity index (χ3n) is 4.26. The third kappa shape index (κ3) is 3.22. The summed E-state index contributed by atoms with van der Waals surface area (Å²) >= 11 is 0. The predicted molar refractivity (Wildman–Crippen MR) is 85.3 cm³/mol. The van der Waals surface area contributed by atoms with E-state index in [4.69, 9.17) is 0 Å². The van der Waals surface area contributed by atoms with Gasteiger partial charge in [-0.05, 0) is 49.2 Å². The molecule has 6 heteroatoms. The molecule has 1 aliphatic rings. The summed E-state index contributed by atoms with van der Waals surface area (Å²) in [6.45, 7) is 0.406. The van der Waals surface area contributed by atoms with Gasteiger partial charge in [0.15, 0.2) is 9.84 Å². The van der Waals surface area contributed by atoms with Crippen LogP contribution in [0.1, 0.15) is 18.4 Å². The van der Waals surface area contributed by atoms with Crippen molar-refractivity contribution < 1.29 is 17.2 Å². The molecule has 1 fully saturated rings. The second-order valence-electron chi connectivity index (χ2n) is 6.03. The van der Waals surface area contributed by atoms with Gasteiger partial charge in [0.05, 0.1) is 4.90 Å². The Morgan fingerprint density at radius 1 is 1.04 bits per heavy atom. The van der Waals surface area contributed by atoms with E-state index in [1.54, 1.807) is 12.1 Å². The van der Waals surface area contributed by atoms with Gasteiger partial charge < -0.3 is 5.32 Å². The number of hydrogen-bond donors (Lipinski definition) is 1. The monoisotopic (exact) mass is 337 g/mol. The maximum absolute atomic E-state index is 14.0. The third-order valence-corrected chi connectivity index (χ3v) is 5.39. The number of benzene rings is 2. The first-order chi connectivity index (χ1) is 10.8. The van der Waals surface area contributed by atoms with Crippen LogP contribution in [0.25, 0.3) is 0 Å². The fraction of sp³-hybridized carbons (Fsp3) is 0.294. The minimum absolute atomic E-state index is 0.139. The maximum atomic E-state index is 14.0. The first-order valence-electron chi connectivity index (χ1n) is 7.30. The van der Waals surface area contributed by atoms with Crippen LogP contribution in [0.2, 0.25) is 0 Å². The van der Waals surface area contributed by atoms with Crippen molar-refractivity contribution in [3.8, 4) is 0 Å². The lowest BCUT2D eigenvalue weighted by Gasteiger charge is -2.19. The fourth-order valence-corrected chi connectivity index (χ4v) is 3.39. The normalized spacial score (nSPS) is 16.1. The van der Waals surface area contributed by atoms with Crippen molar-refractivity contribution in [2.24, 2.45) is 0 Å². The van der Waals surface area contributed by atoms with Crippen molar-refractivity contribution in [2.75, 3.05) is 18.1 Å². The van der Waals surface area contributed by atoms with E-state index in [2.05, 4.69) is 5.32 Å². The summed E-state index contributed by atoms with van der Waals surface area (Å²) in [7, 11) is -3.23. The number of anilines is 1. The summed E-state index contributed by atoms with van der Waals surface area (Å²) < 4.78 is 50.8. The van der Waals surface area contributed by atoms with Crippen molar-refractivity contribution in [3.63, 3.8) is 0 Å². The zero-order valence-electron chi connectivity index (χ0n) is 12.6. The highest BCUT2D eigenvalue weighted by molar-refractivity contribution is 7.90. The van der Waals surface area contributed by atoms with E-state index in [0.717, 1.165) is 24.8 Å². The first kappa shape index (κ1) is 15.9. The number of sulfone groups is 1. The molecule has 0 saturated heterocycles. The van der Waals surface area contributed by atoms with Crippen LogP contribution in [-0.2, 0) is 15.3 Å². The van der Waals surface area contributed by atoms with E-state index in [1.165, 1.54) is 30.3 Å². The molecular weight excluding hydrogens is 320 g/mol. The van der Waals surface area contributed by atoms with E-state index < -0.39 is 26.9 Å². The Morgan fingerprint density at radius 2 is 1.61 bits per heavy atom. The molecular formula is C17H17F2NO2S. The van der Waals surface area contributed by atoms with Gasteiger partial charge in [0.2, 0.25) is 0 Å². The smallest absolute Gasteiger partial charge is 0.175 e. The molecule has 0 amide bonds. The summed E-state index contributed by atoms with van der Waals surface area (Å²) in [5.74, 6) is -1.03. The highest BCUT2D eigenvalue weighted by atomic mass is 32.2. The Morgan fingerprint density at radius 3 is 2.09 bits per heavy atom. The average molecular weight is 337 g/mol. The molecule has 1 N–H and O–H groups in total. The van der Waals surface area contributed by atoms with E-state index in [1.807, 2.05) is 0 Å². The van der Waals surface area contributed by atoms with Gasteiger partial charge in [-0.1, -0.05) is 6.07 Å². The van der Waals surface area contributed by atoms with Gasteiger partial charge in [0.25, 0.3) is 0 Å². The van der Waals surface area contributed by atoms with Crippen molar-refractivity contribution in [1.82, 2.24) is 0 Å². The molecule has 23 heavy (non-hydrogen) atoms. The van der Waals surface area contributed by atoms with Crippen LogP contribution in [0.3, 0.4) is 0 Å². The highest BCUT2D eigenvalue weighted by Gasteiger charge is 2.47. The van der Waals surface area contributed by atoms with Gasteiger partial charge in [-0.15, -0.1) is 0 Å². The Balaban J connectivity index is 1.76. The topological polar surface area (TPSA) is 46.2 Å². The summed E-state index contributed by atoms with van der Waals surface area (Å²) in [6, 6.07) is 10.3. The molecule has 0 unspecified atom stereocenters. The summed E-state index contributed by atoms with van der Waals surface area (Å²) in [5, 5.41) is 3.15. The Bertz CT molecular complexity index is 808. The van der Waals surface area contributed by atoms with Crippen LogP contribution in [-0.4, -0.2) is 21.2 Å². The van der Waals surface area contributed by atoms with Gasteiger partial charge in [0, 0.05) is 29.5 Å². The van der Waals surface area contributed by atoms with E-state index in [-0.39, 0.29) is 10.5 Å². The molecule has 3 rings (SSSR count). The molecule has 2 aromatic rings. The summed E-state index contributed by atoms with van der Waals surface area (Å²) in [5.41, 5.74) is 0.339. The summed E-state index contributed by atoms with van der Waals surface area (Å²) in [4.78, 5) is 0.240. The minimum atomic E-state index is -3.23. The first-order valence-corrected chi connectivity index (χ1v) is 9.19. The van der Waals surface area contributed by atoms with Crippen LogP contribution in [0.4, 0.5) is 14.5 Å². The molecule has 0 heterocycles. The lowest BCUT2D eigenvalue weighted by Crippen LogP contribution is -2.22. The molecule has 1 saturated carbocycles. The number of rotatable bonds is 5.